The van der Waals surface area contributed by atoms with Gasteiger partial charge in [0.1, 0.15) is 5.92 Å². The Labute approximate surface area is 93.1 Å². The molecule has 1 saturated heterocycles. The van der Waals surface area contributed by atoms with Crippen molar-refractivity contribution in [2.24, 2.45) is 0 Å². The van der Waals surface area contributed by atoms with Gasteiger partial charge in [-0.2, -0.15) is 0 Å². The van der Waals surface area contributed by atoms with Crippen LogP contribution in [0, 0.1) is 6.92 Å². The van der Waals surface area contributed by atoms with Crippen molar-refractivity contribution in [3.8, 4) is 0 Å². The molecule has 1 fully saturated rings. The molecule has 0 aromatic heterocycles. The summed E-state index contributed by atoms with van der Waals surface area (Å²) >= 11 is 1.15. The second-order valence-electron chi connectivity index (χ2n) is 3.83. The molecule has 1 aliphatic rings. The average molecular weight is 220 g/mol. The zero-order valence-corrected chi connectivity index (χ0v) is 9.51. The fourth-order valence-corrected chi connectivity index (χ4v) is 2.70. The topological polar surface area (TPSA) is 34.1 Å². The number of benzene rings is 1. The van der Waals surface area contributed by atoms with Crippen molar-refractivity contribution in [2.45, 2.75) is 25.0 Å². The Morgan fingerprint density at radius 3 is 2.20 bits per heavy atom. The number of Topliss-reactive ketones (excluding diaryl/α,β-unsaturated/α-hetero) is 1. The van der Waals surface area contributed by atoms with Gasteiger partial charge in [-0.1, -0.05) is 41.6 Å². The summed E-state index contributed by atoms with van der Waals surface area (Å²) in [6.07, 6.45) is 0. The second-order valence-corrected chi connectivity index (χ2v) is 5.17. The van der Waals surface area contributed by atoms with E-state index in [9.17, 15) is 9.59 Å². The number of aryl methyl sites for hydroxylation is 1. The number of hydrogen-bond donors (Lipinski definition) is 0. The van der Waals surface area contributed by atoms with Crippen LogP contribution >= 0.6 is 11.8 Å². The Kier molecular flexibility index (Phi) is 2.65. The van der Waals surface area contributed by atoms with E-state index >= 15 is 0 Å². The minimum Gasteiger partial charge on any atom is -0.297 e. The highest BCUT2D eigenvalue weighted by atomic mass is 32.2. The van der Waals surface area contributed by atoms with Gasteiger partial charge in [0.25, 0.3) is 0 Å². The predicted molar refractivity (Wildman–Crippen MR) is 61.0 cm³/mol. The van der Waals surface area contributed by atoms with E-state index in [0.29, 0.717) is 0 Å². The van der Waals surface area contributed by atoms with Crippen LogP contribution in [-0.2, 0) is 9.59 Å². The van der Waals surface area contributed by atoms with Crippen molar-refractivity contribution in [1.29, 1.82) is 0 Å². The lowest BCUT2D eigenvalue weighted by atomic mass is 9.94. The van der Waals surface area contributed by atoms with Gasteiger partial charge in [0.05, 0.1) is 5.25 Å². The lowest BCUT2D eigenvalue weighted by Gasteiger charge is -2.06. The Balaban J connectivity index is 2.35. The molecule has 2 atom stereocenters. The molecule has 2 nitrogen and oxygen atoms in total. The standard InChI is InChI=1S/C12H12O2S/c1-7-3-5-9(6-4-7)10-11(13)8(2)15-12(10)14/h3-6,8,10H,1-2H3. The lowest BCUT2D eigenvalue weighted by Crippen LogP contribution is -2.16. The predicted octanol–water partition coefficient (Wildman–Crippen LogP) is 2.31. The van der Waals surface area contributed by atoms with Crippen molar-refractivity contribution < 1.29 is 9.59 Å². The van der Waals surface area contributed by atoms with Gasteiger partial charge in [0.15, 0.2) is 5.78 Å². The van der Waals surface area contributed by atoms with Crippen molar-refractivity contribution >= 4 is 22.7 Å². The van der Waals surface area contributed by atoms with E-state index < -0.39 is 5.92 Å². The van der Waals surface area contributed by atoms with Crippen molar-refractivity contribution in [1.82, 2.24) is 0 Å². The average Bonchev–Trinajstić information content (AvgIpc) is 2.44. The van der Waals surface area contributed by atoms with Crippen LogP contribution in [0.5, 0.6) is 0 Å². The molecule has 2 rings (SSSR count). The molecule has 1 aromatic rings. The summed E-state index contributed by atoms with van der Waals surface area (Å²) in [5, 5.41) is -0.208. The summed E-state index contributed by atoms with van der Waals surface area (Å²) in [6.45, 7) is 3.78. The SMILES string of the molecule is Cc1ccc(C2C(=O)SC(C)C2=O)cc1. The minimum absolute atomic E-state index is 0.0173. The maximum absolute atomic E-state index is 11.8. The molecule has 15 heavy (non-hydrogen) atoms. The number of carbonyl (C=O) groups is 2. The molecule has 1 heterocycles. The van der Waals surface area contributed by atoms with Gasteiger partial charge in [-0.05, 0) is 19.4 Å². The fraction of sp³-hybridized carbons (Fsp3) is 0.333. The molecule has 0 aliphatic carbocycles. The first-order valence-electron chi connectivity index (χ1n) is 4.90. The molecular formula is C12H12O2S. The second kappa shape index (κ2) is 3.81. The van der Waals surface area contributed by atoms with Gasteiger partial charge in [0, 0.05) is 0 Å². The maximum atomic E-state index is 11.8. The largest absolute Gasteiger partial charge is 0.297 e. The Morgan fingerprint density at radius 2 is 1.73 bits per heavy atom. The van der Waals surface area contributed by atoms with Gasteiger partial charge in [-0.15, -0.1) is 0 Å². The summed E-state index contributed by atoms with van der Waals surface area (Å²) < 4.78 is 0. The zero-order chi connectivity index (χ0) is 11.0. The van der Waals surface area contributed by atoms with Gasteiger partial charge < -0.3 is 0 Å². The third-order valence-corrected chi connectivity index (χ3v) is 3.68. The first-order chi connectivity index (χ1) is 7.09. The van der Waals surface area contributed by atoms with E-state index in [4.69, 9.17) is 0 Å². The highest BCUT2D eigenvalue weighted by Gasteiger charge is 2.40. The number of hydrogen-bond acceptors (Lipinski definition) is 3. The van der Waals surface area contributed by atoms with Crippen LogP contribution in [0.1, 0.15) is 24.0 Å². The van der Waals surface area contributed by atoms with Gasteiger partial charge in [-0.3, -0.25) is 9.59 Å². The summed E-state index contributed by atoms with van der Waals surface area (Å²) in [5.74, 6) is -0.501. The molecule has 0 amide bonds. The van der Waals surface area contributed by atoms with E-state index in [1.54, 1.807) is 6.92 Å². The van der Waals surface area contributed by atoms with Gasteiger partial charge >= 0.3 is 0 Å². The maximum Gasteiger partial charge on any atom is 0.204 e. The smallest absolute Gasteiger partial charge is 0.204 e. The molecule has 3 heteroatoms. The normalized spacial score (nSPS) is 26.0. The Bertz CT molecular complexity index is 408. The van der Waals surface area contributed by atoms with Crippen LogP contribution in [0.25, 0.3) is 0 Å². The Hall–Kier alpha value is -1.09. The summed E-state index contributed by atoms with van der Waals surface area (Å²) in [5.41, 5.74) is 1.96. The summed E-state index contributed by atoms with van der Waals surface area (Å²) in [4.78, 5) is 23.4. The molecule has 0 N–H and O–H groups in total. The minimum atomic E-state index is -0.536. The number of carbonyl (C=O) groups excluding carboxylic acids is 2. The number of rotatable bonds is 1. The van der Waals surface area contributed by atoms with E-state index in [1.807, 2.05) is 31.2 Å². The number of ketones is 1. The van der Waals surface area contributed by atoms with Gasteiger partial charge in [0.2, 0.25) is 5.12 Å². The van der Waals surface area contributed by atoms with E-state index in [-0.39, 0.29) is 16.1 Å². The highest BCUT2D eigenvalue weighted by Crippen LogP contribution is 2.36. The molecule has 1 aromatic carbocycles. The summed E-state index contributed by atoms with van der Waals surface area (Å²) in [7, 11) is 0. The molecule has 78 valence electrons. The zero-order valence-electron chi connectivity index (χ0n) is 8.69. The van der Waals surface area contributed by atoms with Crippen LogP contribution in [0.3, 0.4) is 0 Å². The first-order valence-corrected chi connectivity index (χ1v) is 5.78. The summed E-state index contributed by atoms with van der Waals surface area (Å²) in [6, 6.07) is 7.61. The molecule has 1 aliphatic heterocycles. The van der Waals surface area contributed by atoms with Crippen molar-refractivity contribution in [3.05, 3.63) is 35.4 Å². The Morgan fingerprint density at radius 1 is 1.13 bits per heavy atom. The molecule has 2 unspecified atom stereocenters. The van der Waals surface area contributed by atoms with Crippen LogP contribution in [-0.4, -0.2) is 16.1 Å². The van der Waals surface area contributed by atoms with E-state index in [1.165, 1.54) is 0 Å². The quantitative estimate of drug-likeness (QED) is 0.681. The monoisotopic (exact) mass is 220 g/mol. The van der Waals surface area contributed by atoms with E-state index in [2.05, 4.69) is 0 Å². The van der Waals surface area contributed by atoms with Crippen LogP contribution < -0.4 is 0 Å². The molecule has 0 spiro atoms. The number of thioether (sulfide) groups is 1. The van der Waals surface area contributed by atoms with Crippen LogP contribution in [0.15, 0.2) is 24.3 Å². The van der Waals surface area contributed by atoms with Crippen molar-refractivity contribution in [3.63, 3.8) is 0 Å². The molecule has 0 radical (unpaired) electrons. The van der Waals surface area contributed by atoms with Crippen LogP contribution in [0.4, 0.5) is 0 Å². The first kappa shape index (κ1) is 10.4. The molecule has 0 bridgehead atoms. The molecular weight excluding hydrogens is 208 g/mol. The van der Waals surface area contributed by atoms with Crippen LogP contribution in [0.2, 0.25) is 0 Å². The highest BCUT2D eigenvalue weighted by molar-refractivity contribution is 8.15. The van der Waals surface area contributed by atoms with E-state index in [0.717, 1.165) is 22.9 Å². The van der Waals surface area contributed by atoms with Crippen molar-refractivity contribution in [2.75, 3.05) is 0 Å². The fourth-order valence-electron chi connectivity index (χ4n) is 1.71. The lowest BCUT2D eigenvalue weighted by molar-refractivity contribution is -0.123. The third kappa shape index (κ3) is 1.84. The van der Waals surface area contributed by atoms with Gasteiger partial charge in [-0.25, -0.2) is 0 Å². The molecule has 0 saturated carbocycles. The third-order valence-electron chi connectivity index (χ3n) is 2.62.